The Morgan fingerprint density at radius 1 is 1.04 bits per heavy atom. The first-order valence-corrected chi connectivity index (χ1v) is 7.16. The molecule has 0 fully saturated rings. The van der Waals surface area contributed by atoms with Crippen molar-refractivity contribution in [2.45, 2.75) is 13.3 Å². The van der Waals surface area contributed by atoms with Crippen LogP contribution in [0.25, 0.3) is 11.0 Å². The number of benzene rings is 1. The molecule has 0 spiro atoms. The first-order valence-electron chi connectivity index (χ1n) is 7.16. The zero-order valence-corrected chi connectivity index (χ0v) is 12.6. The van der Waals surface area contributed by atoms with Gasteiger partial charge in [-0.15, -0.1) is 0 Å². The summed E-state index contributed by atoms with van der Waals surface area (Å²) in [4.78, 5) is 37.4. The number of ketones is 2. The Morgan fingerprint density at radius 2 is 1.87 bits per heavy atom. The van der Waals surface area contributed by atoms with Gasteiger partial charge in [0.05, 0.1) is 16.7 Å². The second-order valence-corrected chi connectivity index (χ2v) is 5.14. The van der Waals surface area contributed by atoms with E-state index in [1.807, 2.05) is 0 Å². The van der Waals surface area contributed by atoms with Crippen LogP contribution in [0, 0.1) is 13.8 Å². The van der Waals surface area contributed by atoms with Gasteiger partial charge in [-0.25, -0.2) is 9.97 Å². The molecule has 0 aliphatic heterocycles. The Labute approximate surface area is 133 Å². The van der Waals surface area contributed by atoms with E-state index >= 15 is 0 Å². The third kappa shape index (κ3) is 2.99. The van der Waals surface area contributed by atoms with Crippen molar-refractivity contribution < 1.29 is 9.59 Å². The van der Waals surface area contributed by atoms with Crippen LogP contribution in [0.1, 0.15) is 32.2 Å². The largest absolute Gasteiger partial charge is 0.285 e. The summed E-state index contributed by atoms with van der Waals surface area (Å²) in [5.74, 6) is -1.24. The summed E-state index contributed by atoms with van der Waals surface area (Å²) in [5.41, 5.74) is 3.08. The molecule has 5 nitrogen and oxygen atoms in total. The lowest BCUT2D eigenvalue weighted by Crippen LogP contribution is -2.16. The number of aryl methyl sites for hydroxylation is 1. The maximum absolute atomic E-state index is 12.4. The molecule has 5 heteroatoms. The molecule has 0 N–H and O–H groups in total. The Morgan fingerprint density at radius 3 is 2.61 bits per heavy atom. The van der Waals surface area contributed by atoms with Crippen LogP contribution in [-0.2, 0) is 6.42 Å². The molecule has 2 heterocycles. The highest BCUT2D eigenvalue weighted by Crippen LogP contribution is 2.15. The second-order valence-electron chi connectivity index (χ2n) is 5.14. The average molecular weight is 304 g/mol. The lowest BCUT2D eigenvalue weighted by Gasteiger charge is -2.04. The molecule has 113 valence electrons. The third-order valence-electron chi connectivity index (χ3n) is 3.44. The van der Waals surface area contributed by atoms with Crippen molar-refractivity contribution in [2.75, 3.05) is 0 Å². The molecule has 3 aromatic rings. The molecule has 1 aromatic carbocycles. The van der Waals surface area contributed by atoms with Gasteiger partial charge in [0, 0.05) is 17.5 Å². The van der Waals surface area contributed by atoms with Crippen molar-refractivity contribution in [3.8, 4) is 0 Å². The van der Waals surface area contributed by atoms with Gasteiger partial charge >= 0.3 is 0 Å². The topological polar surface area (TPSA) is 72.8 Å². The minimum atomic E-state index is -0.630. The summed E-state index contributed by atoms with van der Waals surface area (Å²) in [6.07, 6.45) is 2.16. The molecule has 2 aromatic heterocycles. The molecule has 0 amide bonds. The maximum atomic E-state index is 12.4. The van der Waals surface area contributed by atoms with Gasteiger partial charge in [0.25, 0.3) is 5.78 Å². The minimum absolute atomic E-state index is 0.146. The van der Waals surface area contributed by atoms with Gasteiger partial charge in [0.15, 0.2) is 0 Å². The molecule has 1 radical (unpaired) electrons. The van der Waals surface area contributed by atoms with Gasteiger partial charge in [0.1, 0.15) is 5.69 Å². The van der Waals surface area contributed by atoms with Crippen LogP contribution < -0.4 is 0 Å². The number of Topliss-reactive ketones (excluding diaryl/α,β-unsaturated/α-hetero) is 2. The van der Waals surface area contributed by atoms with E-state index < -0.39 is 11.6 Å². The van der Waals surface area contributed by atoms with Crippen LogP contribution in [0.5, 0.6) is 0 Å². The van der Waals surface area contributed by atoms with Crippen molar-refractivity contribution in [1.29, 1.82) is 0 Å². The Balaban J connectivity index is 1.98. The molecule has 0 aliphatic carbocycles. The van der Waals surface area contributed by atoms with Crippen LogP contribution in [0.3, 0.4) is 0 Å². The fourth-order valence-electron chi connectivity index (χ4n) is 2.23. The highest BCUT2D eigenvalue weighted by molar-refractivity contribution is 6.49. The number of carbonyl (C=O) groups excluding carboxylic acids is 2. The molecule has 0 bridgehead atoms. The number of pyridine rings is 1. The van der Waals surface area contributed by atoms with E-state index in [0.29, 0.717) is 23.1 Å². The molecular formula is C18H14N3O2. The van der Waals surface area contributed by atoms with Crippen molar-refractivity contribution in [3.63, 3.8) is 0 Å². The predicted molar refractivity (Wildman–Crippen MR) is 86.2 cm³/mol. The second kappa shape index (κ2) is 6.04. The summed E-state index contributed by atoms with van der Waals surface area (Å²) >= 11 is 0. The number of nitrogens with zero attached hydrogens (tertiary/aromatic N) is 3. The number of aromatic nitrogens is 3. The van der Waals surface area contributed by atoms with Gasteiger partial charge in [0.2, 0.25) is 5.78 Å². The molecule has 0 saturated heterocycles. The molecule has 0 atom stereocenters. The fourth-order valence-corrected chi connectivity index (χ4v) is 2.23. The van der Waals surface area contributed by atoms with Crippen molar-refractivity contribution in [2.24, 2.45) is 0 Å². The molecule has 0 aliphatic rings. The van der Waals surface area contributed by atoms with E-state index in [0.717, 1.165) is 5.69 Å². The summed E-state index contributed by atoms with van der Waals surface area (Å²) in [7, 11) is 0. The lowest BCUT2D eigenvalue weighted by atomic mass is 10.0. The number of carbonyl (C=O) groups is 2. The van der Waals surface area contributed by atoms with Gasteiger partial charge in [-0.1, -0.05) is 6.07 Å². The summed E-state index contributed by atoms with van der Waals surface area (Å²) in [6.45, 7) is 5.54. The van der Waals surface area contributed by atoms with Gasteiger partial charge < -0.3 is 0 Å². The Bertz CT molecular complexity index is 919. The first kappa shape index (κ1) is 15.0. The van der Waals surface area contributed by atoms with Crippen LogP contribution in [0.2, 0.25) is 0 Å². The SMILES string of the molecule is [CH2]Cc1cnc2ccc(C(=O)C(=O)c3cccc(C)n3)cc2n1. The minimum Gasteiger partial charge on any atom is -0.285 e. The monoisotopic (exact) mass is 304 g/mol. The van der Waals surface area contributed by atoms with E-state index in [4.69, 9.17) is 0 Å². The number of hydrogen-bond acceptors (Lipinski definition) is 5. The predicted octanol–water partition coefficient (Wildman–Crippen LogP) is 2.78. The van der Waals surface area contributed by atoms with Gasteiger partial charge in [-0.05, 0) is 50.6 Å². The normalized spacial score (nSPS) is 10.7. The van der Waals surface area contributed by atoms with E-state index in [1.165, 1.54) is 6.07 Å². The van der Waals surface area contributed by atoms with Gasteiger partial charge in [-0.3, -0.25) is 14.6 Å². The van der Waals surface area contributed by atoms with E-state index in [9.17, 15) is 9.59 Å². The van der Waals surface area contributed by atoms with Gasteiger partial charge in [-0.2, -0.15) is 0 Å². The molecule has 0 saturated carbocycles. The molecular weight excluding hydrogens is 290 g/mol. The highest BCUT2D eigenvalue weighted by atomic mass is 16.2. The van der Waals surface area contributed by atoms with Crippen molar-refractivity contribution in [3.05, 3.63) is 72.2 Å². The molecule has 3 rings (SSSR count). The maximum Gasteiger partial charge on any atom is 0.251 e. The summed E-state index contributed by atoms with van der Waals surface area (Å²) < 4.78 is 0. The number of rotatable bonds is 4. The molecule has 0 unspecified atom stereocenters. The van der Waals surface area contributed by atoms with Crippen LogP contribution in [-0.4, -0.2) is 26.5 Å². The van der Waals surface area contributed by atoms with Crippen LogP contribution >= 0.6 is 0 Å². The van der Waals surface area contributed by atoms with E-state index in [-0.39, 0.29) is 11.3 Å². The van der Waals surface area contributed by atoms with E-state index in [1.54, 1.807) is 43.5 Å². The first-order chi connectivity index (χ1) is 11.1. The summed E-state index contributed by atoms with van der Waals surface area (Å²) in [5, 5.41) is 0. The van der Waals surface area contributed by atoms with E-state index in [2.05, 4.69) is 21.9 Å². The number of hydrogen-bond donors (Lipinski definition) is 0. The Kier molecular flexibility index (Phi) is 3.93. The summed E-state index contributed by atoms with van der Waals surface area (Å²) in [6, 6.07) is 9.85. The van der Waals surface area contributed by atoms with Crippen LogP contribution in [0.15, 0.2) is 42.6 Å². The number of fused-ring (bicyclic) bond motifs is 1. The molecule has 23 heavy (non-hydrogen) atoms. The zero-order valence-electron chi connectivity index (χ0n) is 12.6. The lowest BCUT2D eigenvalue weighted by molar-refractivity contribution is 0.0814. The highest BCUT2D eigenvalue weighted by Gasteiger charge is 2.20. The zero-order chi connectivity index (χ0) is 16.4. The average Bonchev–Trinajstić information content (AvgIpc) is 2.59. The smallest absolute Gasteiger partial charge is 0.251 e. The fraction of sp³-hybridized carbons (Fsp3) is 0.111. The third-order valence-corrected chi connectivity index (χ3v) is 3.44. The standard InChI is InChI=1S/C18H14N3O2/c1-3-13-10-19-14-8-7-12(9-16(14)21-13)17(22)18(23)15-6-4-5-11(2)20-15/h4-10H,1,3H2,2H3. The van der Waals surface area contributed by atoms with Crippen LogP contribution in [0.4, 0.5) is 0 Å². The quantitative estimate of drug-likeness (QED) is 0.547. The Hall–Kier alpha value is -2.95. The van der Waals surface area contributed by atoms with Crippen molar-refractivity contribution in [1.82, 2.24) is 15.0 Å². The van der Waals surface area contributed by atoms with Crippen molar-refractivity contribution >= 4 is 22.6 Å².